The van der Waals surface area contributed by atoms with Gasteiger partial charge in [0.2, 0.25) is 0 Å². The minimum atomic E-state index is -0.665. The van der Waals surface area contributed by atoms with E-state index in [0.29, 0.717) is 64.9 Å². The molecule has 0 unspecified atom stereocenters. The van der Waals surface area contributed by atoms with Gasteiger partial charge in [-0.15, -0.1) is 0 Å². The number of hydrogen-bond acceptors (Lipinski definition) is 8. The van der Waals surface area contributed by atoms with Gasteiger partial charge in [0.1, 0.15) is 42.2 Å². The number of benzene rings is 3. The summed E-state index contributed by atoms with van der Waals surface area (Å²) in [6.07, 6.45) is 7.96. The molecule has 1 aliphatic carbocycles. The highest BCUT2D eigenvalue weighted by atomic mass is 35.5. The highest BCUT2D eigenvalue weighted by molar-refractivity contribution is 6.35. The lowest BCUT2D eigenvalue weighted by Gasteiger charge is -2.28. The molecule has 11 heteroatoms. The van der Waals surface area contributed by atoms with Crippen LogP contribution in [0.15, 0.2) is 67.0 Å². The number of nitrogens with zero attached hydrogens (tertiary/aromatic N) is 3. The summed E-state index contributed by atoms with van der Waals surface area (Å²) in [7, 11) is 0. The SMILES string of the molecule is N#Cc1cncc(COc2cc(O[C@H]3CCc4c(-c5cccc(OCCCN6CCC(F)CC6)c5Cl)cccc43)c(Cl)cc2CNC2CCOCC2)c1. The average Bonchev–Trinajstić information content (AvgIpc) is 3.60. The number of rotatable bonds is 14. The van der Waals surface area contributed by atoms with Crippen molar-refractivity contribution in [3.8, 4) is 34.4 Å². The van der Waals surface area contributed by atoms with Gasteiger partial charge in [-0.25, -0.2) is 4.39 Å². The minimum Gasteiger partial charge on any atom is -0.492 e. The number of nitriles is 1. The Bertz CT molecular complexity index is 1910. The Kier molecular flexibility index (Phi) is 12.7. The lowest BCUT2D eigenvalue weighted by atomic mass is 9.96. The van der Waals surface area contributed by atoms with Crippen molar-refractivity contribution in [2.45, 2.75) is 76.4 Å². The van der Waals surface area contributed by atoms with Gasteiger partial charge in [0.25, 0.3) is 0 Å². The van der Waals surface area contributed by atoms with Crippen molar-refractivity contribution in [1.82, 2.24) is 15.2 Å². The molecule has 8 nitrogen and oxygen atoms in total. The molecule has 2 aliphatic heterocycles. The molecule has 3 aliphatic rings. The van der Waals surface area contributed by atoms with Crippen LogP contribution in [0.25, 0.3) is 11.1 Å². The molecule has 2 fully saturated rings. The van der Waals surface area contributed by atoms with Crippen molar-refractivity contribution in [2.75, 3.05) is 39.5 Å². The third kappa shape index (κ3) is 9.43. The number of halogens is 3. The fraction of sp³-hybridized carbons (Fsp3) is 0.429. The number of hydrogen-bond donors (Lipinski definition) is 1. The third-order valence-corrected chi connectivity index (χ3v) is 11.1. The van der Waals surface area contributed by atoms with E-state index in [0.717, 1.165) is 92.8 Å². The summed E-state index contributed by atoms with van der Waals surface area (Å²) >= 11 is 13.9. The van der Waals surface area contributed by atoms with Crippen LogP contribution in [0.3, 0.4) is 0 Å². The van der Waals surface area contributed by atoms with E-state index in [1.165, 1.54) is 11.8 Å². The molecule has 3 heterocycles. The molecule has 0 bridgehead atoms. The smallest absolute Gasteiger partial charge is 0.142 e. The molecule has 0 spiro atoms. The van der Waals surface area contributed by atoms with E-state index < -0.39 is 6.17 Å². The van der Waals surface area contributed by atoms with Crippen molar-refractivity contribution in [1.29, 1.82) is 5.26 Å². The number of pyridine rings is 1. The lowest BCUT2D eigenvalue weighted by Crippen LogP contribution is -2.35. The minimum absolute atomic E-state index is 0.210. The summed E-state index contributed by atoms with van der Waals surface area (Å²) in [6, 6.07) is 20.3. The number of aromatic nitrogens is 1. The van der Waals surface area contributed by atoms with E-state index >= 15 is 0 Å². The molecule has 2 saturated heterocycles. The zero-order chi connectivity index (χ0) is 36.6. The van der Waals surface area contributed by atoms with Crippen LogP contribution in [-0.4, -0.2) is 61.6 Å². The predicted molar refractivity (Wildman–Crippen MR) is 205 cm³/mol. The molecule has 53 heavy (non-hydrogen) atoms. The van der Waals surface area contributed by atoms with Crippen LogP contribution in [0, 0.1) is 11.3 Å². The molecular weight excluding hydrogens is 714 g/mol. The number of ether oxygens (including phenoxy) is 4. The molecule has 1 atom stereocenters. The Labute approximate surface area is 321 Å². The van der Waals surface area contributed by atoms with Gasteiger partial charge >= 0.3 is 0 Å². The van der Waals surface area contributed by atoms with E-state index in [-0.39, 0.29) is 12.7 Å². The molecule has 0 radical (unpaired) electrons. The van der Waals surface area contributed by atoms with Gasteiger partial charge in [-0.3, -0.25) is 4.98 Å². The summed E-state index contributed by atoms with van der Waals surface area (Å²) in [6.45, 7) is 5.35. The molecular formula is C42H45Cl2FN4O4. The third-order valence-electron chi connectivity index (χ3n) is 10.4. The number of nitrogens with one attached hydrogen (secondary N) is 1. The Hall–Kier alpha value is -3.91. The van der Waals surface area contributed by atoms with Crippen LogP contribution in [0.2, 0.25) is 10.0 Å². The maximum absolute atomic E-state index is 13.5. The van der Waals surface area contributed by atoms with Gasteiger partial charge < -0.3 is 29.2 Å². The summed E-state index contributed by atoms with van der Waals surface area (Å²) in [5.41, 5.74) is 6.49. The maximum atomic E-state index is 13.5. The first-order valence-corrected chi connectivity index (χ1v) is 19.4. The zero-order valence-corrected chi connectivity index (χ0v) is 31.3. The van der Waals surface area contributed by atoms with Crippen LogP contribution in [-0.2, 0) is 24.3 Å². The van der Waals surface area contributed by atoms with Crippen LogP contribution in [0.4, 0.5) is 4.39 Å². The van der Waals surface area contributed by atoms with Crippen molar-refractivity contribution in [3.05, 3.63) is 105 Å². The molecule has 7 rings (SSSR count). The van der Waals surface area contributed by atoms with Gasteiger partial charge in [0.05, 0.1) is 22.2 Å². The largest absolute Gasteiger partial charge is 0.492 e. The number of fused-ring (bicyclic) bond motifs is 1. The summed E-state index contributed by atoms with van der Waals surface area (Å²) in [5.74, 6) is 1.87. The van der Waals surface area contributed by atoms with Gasteiger partial charge in [0.15, 0.2) is 0 Å². The van der Waals surface area contributed by atoms with Crippen molar-refractivity contribution in [3.63, 3.8) is 0 Å². The maximum Gasteiger partial charge on any atom is 0.142 e. The standard InChI is InChI=1S/C42H45Cl2FN4O4/c43-37-21-30(26-48-32-12-18-50-19-13-32)40(52-27-29-20-28(23-46)24-47-25-29)22-41(37)53-38-9-8-34-33(4-1-5-35(34)38)36-6-2-7-39(42(36)44)51-17-3-14-49-15-10-31(45)11-16-49/h1-2,4-7,20-22,24-25,31-32,38,48H,3,8-19,26-27H2/t38-/m0/s1. The van der Waals surface area contributed by atoms with Crippen molar-refractivity contribution >= 4 is 23.2 Å². The Morgan fingerprint density at radius 1 is 0.925 bits per heavy atom. The molecule has 3 aromatic carbocycles. The van der Waals surface area contributed by atoms with Gasteiger partial charge in [0, 0.05) is 80.6 Å². The van der Waals surface area contributed by atoms with Crippen molar-refractivity contribution < 1.29 is 23.3 Å². The summed E-state index contributed by atoms with van der Waals surface area (Å²) in [4.78, 5) is 6.49. The molecule has 0 saturated carbocycles. The normalized spacial score (nSPS) is 18.0. The lowest BCUT2D eigenvalue weighted by molar-refractivity contribution is 0.0775. The first kappa shape index (κ1) is 37.4. The summed E-state index contributed by atoms with van der Waals surface area (Å²) < 4.78 is 38.3. The van der Waals surface area contributed by atoms with Crippen LogP contribution < -0.4 is 19.5 Å². The second-order valence-electron chi connectivity index (χ2n) is 14.0. The number of piperidine rings is 1. The van der Waals surface area contributed by atoms with E-state index in [9.17, 15) is 9.65 Å². The monoisotopic (exact) mass is 758 g/mol. The molecule has 1 aromatic heterocycles. The second-order valence-corrected chi connectivity index (χ2v) is 14.8. The highest BCUT2D eigenvalue weighted by Crippen LogP contribution is 2.45. The molecule has 1 N–H and O–H groups in total. The molecule has 278 valence electrons. The first-order valence-electron chi connectivity index (χ1n) is 18.6. The van der Waals surface area contributed by atoms with Gasteiger partial charge in [-0.05, 0) is 79.8 Å². The van der Waals surface area contributed by atoms with Gasteiger partial charge in [-0.2, -0.15) is 5.26 Å². The number of likely N-dealkylation sites (tertiary alicyclic amines) is 1. The van der Waals surface area contributed by atoms with E-state index in [1.54, 1.807) is 12.3 Å². The van der Waals surface area contributed by atoms with E-state index in [4.69, 9.17) is 42.1 Å². The number of alkyl halides is 1. The topological polar surface area (TPSA) is 88.9 Å². The zero-order valence-electron chi connectivity index (χ0n) is 29.8. The first-order chi connectivity index (χ1) is 25.9. The summed E-state index contributed by atoms with van der Waals surface area (Å²) in [5, 5.41) is 14.1. The fourth-order valence-electron chi connectivity index (χ4n) is 7.45. The van der Waals surface area contributed by atoms with Crippen LogP contribution in [0.1, 0.15) is 72.4 Å². The van der Waals surface area contributed by atoms with E-state index in [2.05, 4.69) is 33.4 Å². The Morgan fingerprint density at radius 2 is 1.74 bits per heavy atom. The fourth-order valence-corrected chi connectivity index (χ4v) is 7.97. The molecule has 4 aromatic rings. The quantitative estimate of drug-likeness (QED) is 0.128. The average molecular weight is 760 g/mol. The van der Waals surface area contributed by atoms with Crippen LogP contribution in [0.5, 0.6) is 17.2 Å². The molecule has 0 amide bonds. The Morgan fingerprint density at radius 3 is 2.57 bits per heavy atom. The van der Waals surface area contributed by atoms with Crippen molar-refractivity contribution in [2.24, 2.45) is 0 Å². The van der Waals surface area contributed by atoms with E-state index in [1.807, 2.05) is 36.4 Å². The highest BCUT2D eigenvalue weighted by Gasteiger charge is 2.29. The van der Waals surface area contributed by atoms with Crippen LogP contribution >= 0.6 is 23.2 Å². The predicted octanol–water partition coefficient (Wildman–Crippen LogP) is 9.04. The van der Waals surface area contributed by atoms with Gasteiger partial charge in [-0.1, -0.05) is 53.5 Å². The second kappa shape index (κ2) is 17.9. The Balaban J connectivity index is 1.06.